The van der Waals surface area contributed by atoms with E-state index >= 15 is 0 Å². The van der Waals surface area contributed by atoms with E-state index in [0.717, 1.165) is 18.1 Å². The molecule has 0 amide bonds. The van der Waals surface area contributed by atoms with Gasteiger partial charge in [0.05, 0.1) is 5.56 Å². The maximum absolute atomic E-state index is 14.0. The van der Waals surface area contributed by atoms with Crippen molar-refractivity contribution in [1.82, 2.24) is 0 Å². The third-order valence-electron chi connectivity index (χ3n) is 4.69. The molecule has 0 unspecified atom stereocenters. The van der Waals surface area contributed by atoms with Gasteiger partial charge in [-0.3, -0.25) is 0 Å². The number of allylic oxidation sites excluding steroid dienone is 5. The van der Waals surface area contributed by atoms with Crippen LogP contribution in [-0.2, 0) is 0 Å². The zero-order valence-electron chi connectivity index (χ0n) is 14.8. The van der Waals surface area contributed by atoms with Gasteiger partial charge in [0.1, 0.15) is 5.82 Å². The van der Waals surface area contributed by atoms with Gasteiger partial charge in [0, 0.05) is 5.56 Å². The maximum Gasteiger partial charge on any atom is 0.335 e. The molecule has 0 bridgehead atoms. The molecule has 1 aliphatic rings. The van der Waals surface area contributed by atoms with Crippen LogP contribution in [0.25, 0.3) is 6.08 Å². The van der Waals surface area contributed by atoms with Crippen LogP contribution in [0.2, 0.25) is 0 Å². The summed E-state index contributed by atoms with van der Waals surface area (Å²) in [4.78, 5) is 10.9. The van der Waals surface area contributed by atoms with Gasteiger partial charge in [0.25, 0.3) is 0 Å². The van der Waals surface area contributed by atoms with Crippen molar-refractivity contribution in [2.75, 3.05) is 0 Å². The summed E-state index contributed by atoms with van der Waals surface area (Å²) < 4.78 is 14.0. The lowest BCUT2D eigenvalue weighted by Gasteiger charge is -2.32. The zero-order valence-corrected chi connectivity index (χ0v) is 14.8. The summed E-state index contributed by atoms with van der Waals surface area (Å²) in [5.74, 6) is -1.64. The highest BCUT2D eigenvalue weighted by atomic mass is 19.1. The van der Waals surface area contributed by atoms with Gasteiger partial charge in [-0.05, 0) is 62.3 Å². The number of aromatic carboxylic acids is 1. The SMILES string of the molecule is CC1=C(C=C/C(C)=C/c2ccc(C(=O)O)cc2F)C(C)(C)CCC1. The molecule has 1 aliphatic carbocycles. The molecule has 0 aromatic heterocycles. The molecule has 0 atom stereocenters. The fraction of sp³-hybridized carbons (Fsp3) is 0.381. The van der Waals surface area contributed by atoms with E-state index in [0.29, 0.717) is 5.56 Å². The molecular weight excluding hydrogens is 303 g/mol. The molecule has 1 aromatic rings. The van der Waals surface area contributed by atoms with Crippen LogP contribution in [0, 0.1) is 11.2 Å². The molecule has 0 aliphatic heterocycles. The molecule has 0 fully saturated rings. The molecule has 128 valence electrons. The van der Waals surface area contributed by atoms with E-state index < -0.39 is 11.8 Å². The third-order valence-corrected chi connectivity index (χ3v) is 4.69. The van der Waals surface area contributed by atoms with Crippen LogP contribution in [0.15, 0.2) is 47.1 Å². The molecule has 2 nitrogen and oxygen atoms in total. The lowest BCUT2D eigenvalue weighted by molar-refractivity contribution is 0.0696. The minimum atomic E-state index is -1.12. The van der Waals surface area contributed by atoms with Crippen LogP contribution >= 0.6 is 0 Å². The Hall–Kier alpha value is -2.16. The lowest BCUT2D eigenvalue weighted by atomic mass is 9.72. The molecule has 0 saturated heterocycles. The highest BCUT2D eigenvalue weighted by Crippen LogP contribution is 2.40. The lowest BCUT2D eigenvalue weighted by Crippen LogP contribution is -2.19. The quantitative estimate of drug-likeness (QED) is 0.687. The standard InChI is InChI=1S/C21H25FO2/c1-14(7-10-18-15(2)6-5-11-21(18,3)4)12-16-8-9-17(20(23)24)13-19(16)22/h7-10,12-13H,5-6,11H2,1-4H3,(H,23,24)/b10-7?,14-12+. The van der Waals surface area contributed by atoms with Crippen molar-refractivity contribution in [2.24, 2.45) is 5.41 Å². The van der Waals surface area contributed by atoms with Crippen LogP contribution in [0.4, 0.5) is 4.39 Å². The van der Waals surface area contributed by atoms with E-state index in [-0.39, 0.29) is 11.0 Å². The fourth-order valence-electron chi connectivity index (χ4n) is 3.30. The second kappa shape index (κ2) is 7.16. The van der Waals surface area contributed by atoms with Crippen molar-refractivity contribution in [1.29, 1.82) is 0 Å². The summed E-state index contributed by atoms with van der Waals surface area (Å²) in [6.45, 7) is 8.63. The average Bonchev–Trinajstić information content (AvgIpc) is 2.48. The van der Waals surface area contributed by atoms with Crippen LogP contribution in [0.3, 0.4) is 0 Å². The Labute approximate surface area is 143 Å². The molecule has 0 spiro atoms. The molecule has 3 heteroatoms. The first kappa shape index (κ1) is 18.2. The van der Waals surface area contributed by atoms with E-state index in [1.807, 2.05) is 13.0 Å². The van der Waals surface area contributed by atoms with Gasteiger partial charge in [-0.25, -0.2) is 9.18 Å². The van der Waals surface area contributed by atoms with E-state index in [1.165, 1.54) is 36.1 Å². The van der Waals surface area contributed by atoms with Crippen molar-refractivity contribution >= 4 is 12.0 Å². The summed E-state index contributed by atoms with van der Waals surface area (Å²) >= 11 is 0. The summed E-state index contributed by atoms with van der Waals surface area (Å²) in [5, 5.41) is 8.89. The van der Waals surface area contributed by atoms with Gasteiger partial charge in [0.15, 0.2) is 0 Å². The number of halogens is 1. The Bertz CT molecular complexity index is 736. The van der Waals surface area contributed by atoms with E-state index in [9.17, 15) is 9.18 Å². The smallest absolute Gasteiger partial charge is 0.335 e. The van der Waals surface area contributed by atoms with E-state index in [2.05, 4.69) is 26.8 Å². The number of carboxylic acid groups (broad SMARTS) is 1. The number of rotatable bonds is 4. The molecule has 24 heavy (non-hydrogen) atoms. The average molecular weight is 328 g/mol. The summed E-state index contributed by atoms with van der Waals surface area (Å²) in [6.07, 6.45) is 9.44. The highest BCUT2D eigenvalue weighted by Gasteiger charge is 2.26. The van der Waals surface area contributed by atoms with Gasteiger partial charge < -0.3 is 5.11 Å². The first-order valence-corrected chi connectivity index (χ1v) is 8.30. The Morgan fingerprint density at radius 2 is 2.04 bits per heavy atom. The third kappa shape index (κ3) is 4.22. The second-order valence-electron chi connectivity index (χ2n) is 7.19. The molecule has 0 saturated carbocycles. The number of benzene rings is 1. The van der Waals surface area contributed by atoms with Crippen molar-refractivity contribution in [3.05, 3.63) is 64.0 Å². The Balaban J connectivity index is 2.24. The van der Waals surface area contributed by atoms with Crippen molar-refractivity contribution in [3.8, 4) is 0 Å². The normalized spacial score (nSPS) is 18.3. The Kier molecular flexibility index (Phi) is 5.43. The molecule has 0 heterocycles. The zero-order chi connectivity index (χ0) is 17.9. The minimum Gasteiger partial charge on any atom is -0.478 e. The van der Waals surface area contributed by atoms with Crippen molar-refractivity contribution < 1.29 is 14.3 Å². The first-order chi connectivity index (χ1) is 11.2. The molecular formula is C21H25FO2. The molecule has 1 N–H and O–H groups in total. The van der Waals surface area contributed by atoms with E-state index in [1.54, 1.807) is 6.08 Å². The minimum absolute atomic E-state index is 0.0393. The summed E-state index contributed by atoms with van der Waals surface area (Å²) in [5.41, 5.74) is 4.25. The summed E-state index contributed by atoms with van der Waals surface area (Å²) in [6, 6.07) is 3.98. The maximum atomic E-state index is 14.0. The van der Waals surface area contributed by atoms with E-state index in [4.69, 9.17) is 5.11 Å². The predicted molar refractivity (Wildman–Crippen MR) is 96.5 cm³/mol. The molecule has 1 aromatic carbocycles. The molecule has 0 radical (unpaired) electrons. The Morgan fingerprint density at radius 1 is 1.33 bits per heavy atom. The Morgan fingerprint density at radius 3 is 2.62 bits per heavy atom. The van der Waals surface area contributed by atoms with Crippen molar-refractivity contribution in [2.45, 2.75) is 47.0 Å². The first-order valence-electron chi connectivity index (χ1n) is 8.30. The number of carbonyl (C=O) groups is 1. The van der Waals surface area contributed by atoms with Gasteiger partial charge in [-0.1, -0.05) is 43.2 Å². The second-order valence-corrected chi connectivity index (χ2v) is 7.19. The van der Waals surface area contributed by atoms with Crippen LogP contribution in [-0.4, -0.2) is 11.1 Å². The molecule has 2 rings (SSSR count). The van der Waals surface area contributed by atoms with Gasteiger partial charge >= 0.3 is 5.97 Å². The monoisotopic (exact) mass is 328 g/mol. The van der Waals surface area contributed by atoms with Crippen LogP contribution < -0.4 is 0 Å². The number of carboxylic acids is 1. The van der Waals surface area contributed by atoms with Crippen LogP contribution in [0.5, 0.6) is 0 Å². The van der Waals surface area contributed by atoms with Crippen LogP contribution in [0.1, 0.15) is 62.9 Å². The van der Waals surface area contributed by atoms with Gasteiger partial charge in [-0.15, -0.1) is 0 Å². The van der Waals surface area contributed by atoms with Crippen molar-refractivity contribution in [3.63, 3.8) is 0 Å². The highest BCUT2D eigenvalue weighted by molar-refractivity contribution is 5.87. The number of hydrogen-bond donors (Lipinski definition) is 1. The summed E-state index contributed by atoms with van der Waals surface area (Å²) in [7, 11) is 0. The van der Waals surface area contributed by atoms with Gasteiger partial charge in [-0.2, -0.15) is 0 Å². The van der Waals surface area contributed by atoms with Gasteiger partial charge in [0.2, 0.25) is 0 Å². The fourth-order valence-corrected chi connectivity index (χ4v) is 3.30. The number of hydrogen-bond acceptors (Lipinski definition) is 1. The predicted octanol–water partition coefficient (Wildman–Crippen LogP) is 6.01. The largest absolute Gasteiger partial charge is 0.478 e. The topological polar surface area (TPSA) is 37.3 Å².